The zero-order valence-electron chi connectivity index (χ0n) is 11.1. The van der Waals surface area contributed by atoms with Crippen LogP contribution in [0.25, 0.3) is 6.08 Å². The summed E-state index contributed by atoms with van der Waals surface area (Å²) in [6, 6.07) is 0. The Morgan fingerprint density at radius 3 is 2.84 bits per heavy atom. The Morgan fingerprint density at radius 1 is 1.58 bits per heavy atom. The van der Waals surface area contributed by atoms with E-state index in [0.717, 1.165) is 6.33 Å². The molecule has 0 saturated heterocycles. The molecule has 1 rings (SSSR count). The van der Waals surface area contributed by atoms with Crippen molar-refractivity contribution in [3.8, 4) is 5.88 Å². The quantitative estimate of drug-likeness (QED) is 0.758. The van der Waals surface area contributed by atoms with Crippen LogP contribution in [0.5, 0.6) is 5.88 Å². The molecule has 0 saturated carbocycles. The van der Waals surface area contributed by atoms with Crippen LogP contribution in [0.3, 0.4) is 0 Å². The number of hydrogen-bond donors (Lipinski definition) is 3. The maximum absolute atomic E-state index is 11.3. The van der Waals surface area contributed by atoms with Gasteiger partial charge in [-0.2, -0.15) is 0 Å². The lowest BCUT2D eigenvalue weighted by molar-refractivity contribution is 0.0534. The van der Waals surface area contributed by atoms with Crippen LogP contribution in [0.1, 0.15) is 26.3 Å². The Bertz CT molecular complexity index is 529. The number of carbonyl (C=O) groups excluding carboxylic acids is 1. The van der Waals surface area contributed by atoms with Crippen LogP contribution in [-0.2, 0) is 4.74 Å². The van der Waals surface area contributed by atoms with Crippen molar-refractivity contribution in [1.82, 2.24) is 15.3 Å². The molecule has 104 valence electrons. The highest BCUT2D eigenvalue weighted by atomic mass is 16.6. The molecule has 3 N–H and O–H groups in total. The number of nitrogens with one attached hydrogen (secondary N) is 2. The van der Waals surface area contributed by atoms with E-state index in [2.05, 4.69) is 15.3 Å². The molecule has 0 aromatic carbocycles. The molecular formula is C12H17N3O4. The molecule has 0 bridgehead atoms. The van der Waals surface area contributed by atoms with Gasteiger partial charge < -0.3 is 20.1 Å². The van der Waals surface area contributed by atoms with Gasteiger partial charge in [-0.25, -0.2) is 9.78 Å². The normalized spacial score (nSPS) is 11.5. The zero-order chi connectivity index (χ0) is 14.5. The van der Waals surface area contributed by atoms with Gasteiger partial charge in [0.15, 0.2) is 0 Å². The average molecular weight is 267 g/mol. The smallest absolute Gasteiger partial charge is 0.407 e. The number of aromatic hydroxyl groups is 1. The predicted octanol–water partition coefficient (Wildman–Crippen LogP) is 1.01. The standard InChI is InChI=1S/C12H17N3O4/c1-12(2,3)19-11(18)13-6-4-5-8-9(16)14-7-15-10(8)17/h4-5,7H,6H2,1-3H3,(H,13,18)(H2,14,15,16,17). The summed E-state index contributed by atoms with van der Waals surface area (Å²) in [5.41, 5.74) is -0.985. The molecule has 7 heteroatoms. The molecule has 0 unspecified atom stereocenters. The summed E-state index contributed by atoms with van der Waals surface area (Å²) in [5, 5.41) is 11.8. The van der Waals surface area contributed by atoms with Crippen LogP contribution in [0.4, 0.5) is 4.79 Å². The lowest BCUT2D eigenvalue weighted by Crippen LogP contribution is -2.32. The second-order valence-electron chi connectivity index (χ2n) is 4.75. The fraction of sp³-hybridized carbons (Fsp3) is 0.417. The monoisotopic (exact) mass is 267 g/mol. The number of hydrogen-bond acceptors (Lipinski definition) is 5. The minimum atomic E-state index is -0.563. The molecule has 0 aliphatic carbocycles. The highest BCUT2D eigenvalue weighted by Crippen LogP contribution is 2.08. The molecule has 1 amide bonds. The predicted molar refractivity (Wildman–Crippen MR) is 69.8 cm³/mol. The zero-order valence-corrected chi connectivity index (χ0v) is 11.1. The number of aromatic nitrogens is 2. The largest absolute Gasteiger partial charge is 0.493 e. The van der Waals surface area contributed by atoms with E-state index in [1.165, 1.54) is 12.2 Å². The number of amides is 1. The first kappa shape index (κ1) is 14.7. The summed E-state index contributed by atoms with van der Waals surface area (Å²) in [5.74, 6) is -0.364. The Morgan fingerprint density at radius 2 is 2.26 bits per heavy atom. The van der Waals surface area contributed by atoms with Crippen LogP contribution < -0.4 is 10.9 Å². The summed E-state index contributed by atoms with van der Waals surface area (Å²) in [6.07, 6.45) is 3.43. The Balaban J connectivity index is 2.52. The van der Waals surface area contributed by atoms with Crippen molar-refractivity contribution in [2.45, 2.75) is 26.4 Å². The van der Waals surface area contributed by atoms with Gasteiger partial charge in [0.1, 0.15) is 11.2 Å². The van der Waals surface area contributed by atoms with E-state index >= 15 is 0 Å². The van der Waals surface area contributed by atoms with Crippen molar-refractivity contribution >= 4 is 12.2 Å². The first-order chi connectivity index (χ1) is 8.79. The molecule has 0 spiro atoms. The number of alkyl carbamates (subject to hydrolysis) is 1. The second-order valence-corrected chi connectivity index (χ2v) is 4.75. The first-order valence-corrected chi connectivity index (χ1v) is 5.69. The molecule has 19 heavy (non-hydrogen) atoms. The van der Waals surface area contributed by atoms with Crippen LogP contribution in [-0.4, -0.2) is 33.3 Å². The second kappa shape index (κ2) is 6.03. The van der Waals surface area contributed by atoms with E-state index in [1.54, 1.807) is 20.8 Å². The number of rotatable bonds is 3. The van der Waals surface area contributed by atoms with Crippen LogP contribution in [0.15, 0.2) is 17.2 Å². The number of nitrogens with zero attached hydrogens (tertiary/aromatic N) is 1. The van der Waals surface area contributed by atoms with Crippen molar-refractivity contribution in [2.24, 2.45) is 0 Å². The van der Waals surface area contributed by atoms with Gasteiger partial charge in [0.05, 0.1) is 6.33 Å². The molecular weight excluding hydrogens is 250 g/mol. The highest BCUT2D eigenvalue weighted by Gasteiger charge is 2.15. The summed E-state index contributed by atoms with van der Waals surface area (Å²) in [7, 11) is 0. The van der Waals surface area contributed by atoms with Gasteiger partial charge in [0.25, 0.3) is 5.56 Å². The van der Waals surface area contributed by atoms with Crippen molar-refractivity contribution in [3.63, 3.8) is 0 Å². The third-order valence-corrected chi connectivity index (χ3v) is 1.92. The number of H-pyrrole nitrogens is 1. The fourth-order valence-electron chi connectivity index (χ4n) is 1.18. The molecule has 0 radical (unpaired) electrons. The summed E-state index contributed by atoms with van der Waals surface area (Å²) in [4.78, 5) is 28.5. The van der Waals surface area contributed by atoms with Crippen molar-refractivity contribution in [1.29, 1.82) is 0 Å². The van der Waals surface area contributed by atoms with Crippen molar-refractivity contribution < 1.29 is 14.6 Å². The maximum Gasteiger partial charge on any atom is 0.407 e. The third kappa shape index (κ3) is 5.24. The van der Waals surface area contributed by atoms with E-state index in [0.29, 0.717) is 0 Å². The van der Waals surface area contributed by atoms with Crippen LogP contribution >= 0.6 is 0 Å². The first-order valence-electron chi connectivity index (χ1n) is 5.69. The van der Waals surface area contributed by atoms with E-state index in [1.807, 2.05) is 0 Å². The van der Waals surface area contributed by atoms with Crippen molar-refractivity contribution in [3.05, 3.63) is 28.3 Å². The van der Waals surface area contributed by atoms with Gasteiger partial charge in [-0.3, -0.25) is 4.79 Å². The summed E-state index contributed by atoms with van der Waals surface area (Å²) < 4.78 is 5.02. The van der Waals surface area contributed by atoms with Gasteiger partial charge >= 0.3 is 6.09 Å². The minimum absolute atomic E-state index is 0.0356. The van der Waals surface area contributed by atoms with Gasteiger partial charge in [-0.05, 0) is 26.8 Å². The Kier molecular flexibility index (Phi) is 4.68. The molecule has 7 nitrogen and oxygen atoms in total. The molecule has 1 aromatic heterocycles. The Hall–Kier alpha value is -2.31. The highest BCUT2D eigenvalue weighted by molar-refractivity contribution is 5.68. The van der Waals surface area contributed by atoms with Crippen molar-refractivity contribution in [2.75, 3.05) is 6.54 Å². The average Bonchev–Trinajstić information content (AvgIpc) is 2.25. The maximum atomic E-state index is 11.3. The third-order valence-electron chi connectivity index (χ3n) is 1.92. The van der Waals surface area contributed by atoms with Crippen LogP contribution in [0, 0.1) is 0 Å². The summed E-state index contributed by atoms with van der Waals surface area (Å²) >= 11 is 0. The van der Waals surface area contributed by atoms with Gasteiger partial charge in [-0.15, -0.1) is 0 Å². The summed E-state index contributed by atoms with van der Waals surface area (Å²) in [6.45, 7) is 5.45. The van der Waals surface area contributed by atoms with Gasteiger partial charge in [-0.1, -0.05) is 6.08 Å². The number of aromatic amines is 1. The lowest BCUT2D eigenvalue weighted by Gasteiger charge is -2.19. The fourth-order valence-corrected chi connectivity index (χ4v) is 1.18. The molecule has 0 aliphatic heterocycles. The van der Waals surface area contributed by atoms with E-state index in [9.17, 15) is 14.7 Å². The topological polar surface area (TPSA) is 104 Å². The molecule has 1 aromatic rings. The number of ether oxygens (including phenoxy) is 1. The number of carbonyl (C=O) groups is 1. The van der Waals surface area contributed by atoms with E-state index < -0.39 is 17.3 Å². The lowest BCUT2D eigenvalue weighted by atomic mass is 10.2. The SMILES string of the molecule is CC(C)(C)OC(=O)NCC=Cc1c(O)nc[nH]c1=O. The van der Waals surface area contributed by atoms with Crippen LogP contribution in [0.2, 0.25) is 0 Å². The molecule has 0 atom stereocenters. The van der Waals surface area contributed by atoms with Gasteiger partial charge in [0.2, 0.25) is 5.88 Å². The molecule has 0 fully saturated rings. The van der Waals surface area contributed by atoms with E-state index in [4.69, 9.17) is 4.74 Å². The molecule has 1 heterocycles. The van der Waals surface area contributed by atoms with E-state index in [-0.39, 0.29) is 18.0 Å². The Labute approximate surface area is 110 Å². The van der Waals surface area contributed by atoms with Gasteiger partial charge in [0, 0.05) is 6.54 Å². The molecule has 0 aliphatic rings. The minimum Gasteiger partial charge on any atom is -0.493 e.